The van der Waals surface area contributed by atoms with Crippen molar-refractivity contribution in [1.29, 1.82) is 0 Å². The zero-order valence-corrected chi connectivity index (χ0v) is 14.3. The second-order valence-electron chi connectivity index (χ2n) is 7.59. The standard InChI is InChI=1S/C20H31NO/c1-4-6-15-10-16(14(3)9-13(15)2)11-21-19-8-5-7-17-18(12-22)20(17)19/h4,6,8,13,15,17-18,20-22H,5,7,9-12H2,1-3H3/b6-4+/t13?,15?,17?,18?,20-/m1/s1. The van der Waals surface area contributed by atoms with Crippen LogP contribution in [0.25, 0.3) is 0 Å². The SMILES string of the molecule is C/C=C/C1CC(CNC2=CCCC3C(CO)[C@H]23)=C(C)CC1C. The monoisotopic (exact) mass is 301 g/mol. The quantitative estimate of drug-likeness (QED) is 0.751. The smallest absolute Gasteiger partial charge is 0.0468 e. The van der Waals surface area contributed by atoms with Gasteiger partial charge in [0.2, 0.25) is 0 Å². The highest BCUT2D eigenvalue weighted by Gasteiger charge is 2.52. The van der Waals surface area contributed by atoms with Crippen molar-refractivity contribution in [3.8, 4) is 0 Å². The van der Waals surface area contributed by atoms with E-state index in [2.05, 4.69) is 44.3 Å². The van der Waals surface area contributed by atoms with Crippen LogP contribution < -0.4 is 5.32 Å². The van der Waals surface area contributed by atoms with E-state index in [1.807, 2.05) is 0 Å². The van der Waals surface area contributed by atoms with Crippen molar-refractivity contribution in [1.82, 2.24) is 5.32 Å². The average molecular weight is 301 g/mol. The Morgan fingerprint density at radius 2 is 2.18 bits per heavy atom. The van der Waals surface area contributed by atoms with Crippen LogP contribution in [-0.2, 0) is 0 Å². The Bertz CT molecular complexity index is 498. The second-order valence-corrected chi connectivity index (χ2v) is 7.59. The molecule has 0 aliphatic heterocycles. The lowest BCUT2D eigenvalue weighted by Crippen LogP contribution is -2.25. The molecule has 0 saturated heterocycles. The molecule has 0 bridgehead atoms. The number of nitrogens with one attached hydrogen (secondary N) is 1. The first-order chi connectivity index (χ1) is 10.7. The Kier molecular flexibility index (Phi) is 4.77. The first kappa shape index (κ1) is 15.9. The van der Waals surface area contributed by atoms with Crippen LogP contribution in [0.3, 0.4) is 0 Å². The molecule has 0 heterocycles. The third-order valence-electron chi connectivity index (χ3n) is 6.16. The number of allylic oxidation sites excluding steroid dienone is 5. The second kappa shape index (κ2) is 6.62. The van der Waals surface area contributed by atoms with Gasteiger partial charge in [-0.3, -0.25) is 0 Å². The molecule has 3 aliphatic carbocycles. The molecule has 122 valence electrons. The molecule has 2 heteroatoms. The van der Waals surface area contributed by atoms with E-state index in [0.29, 0.717) is 24.4 Å². The molecule has 5 atom stereocenters. The van der Waals surface area contributed by atoms with Crippen LogP contribution in [-0.4, -0.2) is 18.3 Å². The zero-order valence-electron chi connectivity index (χ0n) is 14.3. The normalized spacial score (nSPS) is 38.0. The van der Waals surface area contributed by atoms with Crippen molar-refractivity contribution in [2.75, 3.05) is 13.2 Å². The van der Waals surface area contributed by atoms with E-state index in [9.17, 15) is 5.11 Å². The molecule has 1 fully saturated rings. The Hall–Kier alpha value is -1.02. The van der Waals surface area contributed by atoms with Gasteiger partial charge in [-0.15, -0.1) is 0 Å². The topological polar surface area (TPSA) is 32.3 Å². The predicted molar refractivity (Wildman–Crippen MR) is 92.3 cm³/mol. The molecule has 3 rings (SSSR count). The lowest BCUT2D eigenvalue weighted by molar-refractivity contribution is 0.264. The fraction of sp³-hybridized carbons (Fsp3) is 0.700. The summed E-state index contributed by atoms with van der Waals surface area (Å²) in [7, 11) is 0. The molecule has 2 nitrogen and oxygen atoms in total. The summed E-state index contributed by atoms with van der Waals surface area (Å²) in [5, 5.41) is 13.2. The third kappa shape index (κ3) is 3.03. The van der Waals surface area contributed by atoms with Gasteiger partial charge in [-0.25, -0.2) is 0 Å². The first-order valence-electron chi connectivity index (χ1n) is 9.00. The van der Waals surface area contributed by atoms with Crippen molar-refractivity contribution in [3.63, 3.8) is 0 Å². The highest BCUT2D eigenvalue weighted by molar-refractivity contribution is 5.26. The van der Waals surface area contributed by atoms with Crippen LogP contribution in [0.15, 0.2) is 35.1 Å². The lowest BCUT2D eigenvalue weighted by atomic mass is 9.77. The molecular formula is C20H31NO. The number of fused-ring (bicyclic) bond motifs is 1. The van der Waals surface area contributed by atoms with Gasteiger partial charge in [0.15, 0.2) is 0 Å². The minimum absolute atomic E-state index is 0.358. The predicted octanol–water partition coefficient (Wildman–Crippen LogP) is 4.05. The third-order valence-corrected chi connectivity index (χ3v) is 6.16. The van der Waals surface area contributed by atoms with Crippen molar-refractivity contribution in [2.24, 2.45) is 29.6 Å². The minimum Gasteiger partial charge on any atom is -0.396 e. The molecular weight excluding hydrogens is 270 g/mol. The summed E-state index contributed by atoms with van der Waals surface area (Å²) in [4.78, 5) is 0. The van der Waals surface area contributed by atoms with Gasteiger partial charge in [-0.1, -0.05) is 36.3 Å². The molecule has 0 amide bonds. The molecule has 0 aromatic heterocycles. The lowest BCUT2D eigenvalue weighted by Gasteiger charge is -2.30. The van der Waals surface area contributed by atoms with Crippen LogP contribution in [0.5, 0.6) is 0 Å². The van der Waals surface area contributed by atoms with Gasteiger partial charge in [-0.2, -0.15) is 0 Å². The fourth-order valence-corrected chi connectivity index (χ4v) is 4.68. The Balaban J connectivity index is 1.61. The molecule has 0 aromatic carbocycles. The van der Waals surface area contributed by atoms with Crippen LogP contribution in [0.1, 0.15) is 46.5 Å². The first-order valence-corrected chi connectivity index (χ1v) is 9.00. The van der Waals surface area contributed by atoms with Crippen LogP contribution in [0.4, 0.5) is 0 Å². The zero-order chi connectivity index (χ0) is 15.7. The summed E-state index contributed by atoms with van der Waals surface area (Å²) < 4.78 is 0. The molecule has 0 spiro atoms. The fourth-order valence-electron chi connectivity index (χ4n) is 4.68. The highest BCUT2D eigenvalue weighted by Crippen LogP contribution is 2.55. The van der Waals surface area contributed by atoms with Crippen LogP contribution in [0, 0.1) is 29.6 Å². The van der Waals surface area contributed by atoms with E-state index in [4.69, 9.17) is 0 Å². The Morgan fingerprint density at radius 1 is 1.36 bits per heavy atom. The van der Waals surface area contributed by atoms with E-state index in [-0.39, 0.29) is 0 Å². The minimum atomic E-state index is 0.358. The van der Waals surface area contributed by atoms with Crippen LogP contribution >= 0.6 is 0 Å². The molecule has 0 radical (unpaired) electrons. The van der Waals surface area contributed by atoms with E-state index in [1.54, 1.807) is 11.1 Å². The van der Waals surface area contributed by atoms with Gasteiger partial charge in [0.05, 0.1) is 0 Å². The number of aliphatic hydroxyl groups excluding tert-OH is 1. The summed E-state index contributed by atoms with van der Waals surface area (Å²) in [6, 6.07) is 0. The van der Waals surface area contributed by atoms with E-state index < -0.39 is 0 Å². The number of hydrogen-bond acceptors (Lipinski definition) is 2. The summed E-state index contributed by atoms with van der Waals surface area (Å²) in [5.41, 5.74) is 4.60. The van der Waals surface area contributed by atoms with Crippen molar-refractivity contribution in [2.45, 2.75) is 46.5 Å². The van der Waals surface area contributed by atoms with Gasteiger partial charge in [-0.05, 0) is 63.2 Å². The van der Waals surface area contributed by atoms with E-state index >= 15 is 0 Å². The van der Waals surface area contributed by atoms with Gasteiger partial charge >= 0.3 is 0 Å². The maximum Gasteiger partial charge on any atom is 0.0468 e. The van der Waals surface area contributed by atoms with E-state index in [1.165, 1.54) is 31.4 Å². The Labute approximate surface area is 135 Å². The molecule has 4 unspecified atom stereocenters. The Morgan fingerprint density at radius 3 is 2.91 bits per heavy atom. The van der Waals surface area contributed by atoms with Crippen LogP contribution in [0.2, 0.25) is 0 Å². The van der Waals surface area contributed by atoms with Crippen molar-refractivity contribution in [3.05, 3.63) is 35.1 Å². The maximum atomic E-state index is 9.46. The summed E-state index contributed by atoms with van der Waals surface area (Å²) in [6.07, 6.45) is 11.8. The van der Waals surface area contributed by atoms with Gasteiger partial charge in [0.1, 0.15) is 0 Å². The largest absolute Gasteiger partial charge is 0.396 e. The maximum absolute atomic E-state index is 9.46. The summed E-state index contributed by atoms with van der Waals surface area (Å²) in [6.45, 7) is 8.18. The van der Waals surface area contributed by atoms with Gasteiger partial charge in [0.25, 0.3) is 0 Å². The summed E-state index contributed by atoms with van der Waals surface area (Å²) >= 11 is 0. The van der Waals surface area contributed by atoms with Crippen molar-refractivity contribution >= 4 is 0 Å². The summed E-state index contributed by atoms with van der Waals surface area (Å²) in [5.74, 6) is 3.35. The molecule has 22 heavy (non-hydrogen) atoms. The number of hydrogen-bond donors (Lipinski definition) is 2. The van der Waals surface area contributed by atoms with Gasteiger partial charge in [0, 0.05) is 24.8 Å². The van der Waals surface area contributed by atoms with E-state index in [0.717, 1.165) is 18.4 Å². The molecule has 2 N–H and O–H groups in total. The van der Waals surface area contributed by atoms with Gasteiger partial charge < -0.3 is 10.4 Å². The molecule has 0 aromatic rings. The molecule has 3 aliphatic rings. The number of aliphatic hydroxyl groups is 1. The number of rotatable bonds is 5. The van der Waals surface area contributed by atoms with Crippen molar-refractivity contribution < 1.29 is 5.11 Å². The highest BCUT2D eigenvalue weighted by atomic mass is 16.3. The molecule has 1 saturated carbocycles. The average Bonchev–Trinajstić information content (AvgIpc) is 3.23.